The number of nitrogens with zero attached hydrogens (tertiary/aromatic N) is 2. The van der Waals surface area contributed by atoms with Crippen molar-refractivity contribution in [1.82, 2.24) is 9.55 Å². The lowest BCUT2D eigenvalue weighted by molar-refractivity contribution is -0.137. The van der Waals surface area contributed by atoms with Crippen LogP contribution >= 0.6 is 12.2 Å². The Morgan fingerprint density at radius 2 is 1.54 bits per heavy atom. The first-order valence-electron chi connectivity index (χ1n) is 7.20. The molecular formula is C18H13F3N2S. The number of alkyl halides is 3. The van der Waals surface area contributed by atoms with Gasteiger partial charge in [-0.3, -0.25) is 0 Å². The van der Waals surface area contributed by atoms with E-state index in [0.717, 1.165) is 34.6 Å². The molecule has 0 aliphatic carbocycles. The summed E-state index contributed by atoms with van der Waals surface area (Å²) < 4.78 is 39.7. The average Bonchev–Trinajstić information content (AvgIpc) is 3.02. The van der Waals surface area contributed by atoms with Gasteiger partial charge in [0.2, 0.25) is 0 Å². The van der Waals surface area contributed by atoms with Gasteiger partial charge >= 0.3 is 6.18 Å². The number of imidazole rings is 1. The molecule has 0 atom stereocenters. The van der Waals surface area contributed by atoms with Crippen LogP contribution in [0.5, 0.6) is 0 Å². The third-order valence-corrected chi connectivity index (χ3v) is 3.92. The summed E-state index contributed by atoms with van der Waals surface area (Å²) in [5.41, 5.74) is 2.03. The first-order chi connectivity index (χ1) is 11.5. The van der Waals surface area contributed by atoms with E-state index in [9.17, 15) is 13.2 Å². The van der Waals surface area contributed by atoms with Gasteiger partial charge in [0.15, 0.2) is 0 Å². The lowest BCUT2D eigenvalue weighted by Gasteiger charge is -2.09. The van der Waals surface area contributed by atoms with E-state index in [4.69, 9.17) is 12.2 Å². The Bertz CT molecular complexity index is 834. The van der Waals surface area contributed by atoms with Crippen molar-refractivity contribution < 1.29 is 13.2 Å². The molecule has 0 aliphatic heterocycles. The summed E-state index contributed by atoms with van der Waals surface area (Å²) in [7, 11) is 0. The van der Waals surface area contributed by atoms with Gasteiger partial charge in [0.25, 0.3) is 0 Å². The number of rotatable bonds is 4. The highest BCUT2D eigenvalue weighted by Gasteiger charge is 2.29. The fourth-order valence-electron chi connectivity index (χ4n) is 2.42. The van der Waals surface area contributed by atoms with Gasteiger partial charge in [-0.15, -0.1) is 0 Å². The van der Waals surface area contributed by atoms with Gasteiger partial charge < -0.3 is 4.57 Å². The highest BCUT2D eigenvalue weighted by Crippen LogP contribution is 2.31. The molecule has 0 aliphatic rings. The maximum atomic E-state index is 12.6. The molecule has 1 aromatic heterocycles. The molecule has 2 aromatic carbocycles. The Morgan fingerprint density at radius 3 is 2.08 bits per heavy atom. The zero-order valence-corrected chi connectivity index (χ0v) is 13.3. The molecule has 1 heterocycles. The van der Waals surface area contributed by atoms with Gasteiger partial charge in [0.1, 0.15) is 5.82 Å². The Hall–Kier alpha value is -2.47. The largest absolute Gasteiger partial charge is 0.416 e. The van der Waals surface area contributed by atoms with Crippen LogP contribution in [0.4, 0.5) is 13.2 Å². The molecule has 6 heteroatoms. The number of benzene rings is 2. The zero-order valence-electron chi connectivity index (χ0n) is 12.5. The quantitative estimate of drug-likeness (QED) is 0.621. The van der Waals surface area contributed by atoms with E-state index in [1.807, 2.05) is 35.0 Å². The standard InChI is InChI=1S/C18H13F3N2S/c19-18(20,21)16-7-5-15(6-8-16)14-3-1-13(2-4-14)11-23-10-9-22-17(23)12-24/h1-10,12H,11H2. The van der Waals surface area contributed by atoms with Gasteiger partial charge in [-0.25, -0.2) is 4.98 Å². The SMILES string of the molecule is FC(F)(F)c1ccc(-c2ccc(Cn3ccnc3C=S)cc2)cc1. The molecule has 0 unspecified atom stereocenters. The third kappa shape index (κ3) is 3.54. The third-order valence-electron chi connectivity index (χ3n) is 3.71. The smallest absolute Gasteiger partial charge is 0.326 e. The maximum Gasteiger partial charge on any atom is 0.416 e. The summed E-state index contributed by atoms with van der Waals surface area (Å²) in [5.74, 6) is 0.719. The molecule has 0 amide bonds. The number of aromatic nitrogens is 2. The van der Waals surface area contributed by atoms with Gasteiger partial charge in [-0.1, -0.05) is 48.6 Å². The van der Waals surface area contributed by atoms with Crippen LogP contribution in [0.2, 0.25) is 0 Å². The van der Waals surface area contributed by atoms with E-state index >= 15 is 0 Å². The number of halogens is 3. The van der Waals surface area contributed by atoms with Crippen molar-refractivity contribution in [2.24, 2.45) is 0 Å². The van der Waals surface area contributed by atoms with Crippen LogP contribution < -0.4 is 0 Å². The maximum absolute atomic E-state index is 12.6. The van der Waals surface area contributed by atoms with Crippen molar-refractivity contribution in [3.63, 3.8) is 0 Å². The van der Waals surface area contributed by atoms with E-state index in [2.05, 4.69) is 4.98 Å². The van der Waals surface area contributed by atoms with Crippen LogP contribution in [0.3, 0.4) is 0 Å². The summed E-state index contributed by atoms with van der Waals surface area (Å²) in [5, 5.41) is 1.52. The molecular weight excluding hydrogens is 333 g/mol. The monoisotopic (exact) mass is 346 g/mol. The molecule has 2 nitrogen and oxygen atoms in total. The van der Waals surface area contributed by atoms with Crippen molar-refractivity contribution >= 4 is 17.6 Å². The van der Waals surface area contributed by atoms with Crippen molar-refractivity contribution in [1.29, 1.82) is 0 Å². The highest BCUT2D eigenvalue weighted by molar-refractivity contribution is 7.79. The average molecular weight is 346 g/mol. The predicted octanol–water partition coefficient (Wildman–Crippen LogP) is 4.97. The highest BCUT2D eigenvalue weighted by atomic mass is 32.1. The summed E-state index contributed by atoms with van der Waals surface area (Å²) in [6.45, 7) is 0.635. The number of hydrogen-bond acceptors (Lipinski definition) is 2. The molecule has 122 valence electrons. The molecule has 0 radical (unpaired) electrons. The van der Waals surface area contributed by atoms with Crippen LogP contribution in [-0.2, 0) is 12.7 Å². The molecule has 0 fully saturated rings. The second-order valence-electron chi connectivity index (χ2n) is 5.30. The second-order valence-corrected chi connectivity index (χ2v) is 5.54. The van der Waals surface area contributed by atoms with Crippen molar-refractivity contribution in [3.05, 3.63) is 77.9 Å². The predicted molar refractivity (Wildman–Crippen MR) is 91.0 cm³/mol. The Morgan fingerprint density at radius 1 is 0.958 bits per heavy atom. The Balaban J connectivity index is 1.78. The fraction of sp³-hybridized carbons (Fsp3) is 0.111. The van der Waals surface area contributed by atoms with E-state index in [1.165, 1.54) is 17.5 Å². The van der Waals surface area contributed by atoms with Crippen LogP contribution in [0.25, 0.3) is 11.1 Å². The minimum atomic E-state index is -4.31. The second kappa shape index (κ2) is 6.57. The summed E-state index contributed by atoms with van der Waals surface area (Å²) >= 11 is 4.91. The van der Waals surface area contributed by atoms with Gasteiger partial charge in [0, 0.05) is 24.3 Å². The van der Waals surface area contributed by atoms with E-state index in [-0.39, 0.29) is 0 Å². The Kier molecular flexibility index (Phi) is 4.49. The Labute approximate surface area is 142 Å². The van der Waals surface area contributed by atoms with Crippen LogP contribution in [0, 0.1) is 0 Å². The first kappa shape index (κ1) is 16.4. The minimum absolute atomic E-state index is 0.635. The van der Waals surface area contributed by atoms with Crippen LogP contribution in [0.1, 0.15) is 17.0 Å². The minimum Gasteiger partial charge on any atom is -0.326 e. The summed E-state index contributed by atoms with van der Waals surface area (Å²) in [6.07, 6.45) is -0.775. The molecule has 0 N–H and O–H groups in total. The topological polar surface area (TPSA) is 17.8 Å². The number of thiocarbonyl (C=S) groups is 1. The summed E-state index contributed by atoms with van der Waals surface area (Å²) in [6, 6.07) is 12.8. The van der Waals surface area contributed by atoms with Crippen LogP contribution in [0.15, 0.2) is 60.9 Å². The van der Waals surface area contributed by atoms with Gasteiger partial charge in [0.05, 0.1) is 5.56 Å². The summed E-state index contributed by atoms with van der Waals surface area (Å²) in [4.78, 5) is 4.14. The van der Waals surface area contributed by atoms with Crippen molar-refractivity contribution in [3.8, 4) is 11.1 Å². The van der Waals surface area contributed by atoms with E-state index in [0.29, 0.717) is 6.54 Å². The van der Waals surface area contributed by atoms with E-state index in [1.54, 1.807) is 6.20 Å². The first-order valence-corrected chi connectivity index (χ1v) is 7.67. The fourth-order valence-corrected chi connectivity index (χ4v) is 2.62. The molecule has 0 bridgehead atoms. The molecule has 3 aromatic rings. The van der Waals surface area contributed by atoms with Crippen LogP contribution in [-0.4, -0.2) is 14.9 Å². The van der Waals surface area contributed by atoms with Gasteiger partial charge in [-0.2, -0.15) is 13.2 Å². The molecule has 0 saturated heterocycles. The number of hydrogen-bond donors (Lipinski definition) is 0. The molecule has 24 heavy (non-hydrogen) atoms. The normalized spacial score (nSPS) is 11.5. The molecule has 0 saturated carbocycles. The van der Waals surface area contributed by atoms with Crippen molar-refractivity contribution in [2.45, 2.75) is 12.7 Å². The van der Waals surface area contributed by atoms with Gasteiger partial charge in [-0.05, 0) is 28.8 Å². The molecule has 3 rings (SSSR count). The molecule has 0 spiro atoms. The lowest BCUT2D eigenvalue weighted by Crippen LogP contribution is -2.04. The van der Waals surface area contributed by atoms with E-state index < -0.39 is 11.7 Å². The van der Waals surface area contributed by atoms with Crippen molar-refractivity contribution in [2.75, 3.05) is 0 Å². The zero-order chi connectivity index (χ0) is 17.2. The lowest BCUT2D eigenvalue weighted by atomic mass is 10.0.